The first-order valence-corrected chi connectivity index (χ1v) is 8.72. The zero-order chi connectivity index (χ0) is 20.1. The lowest BCUT2D eigenvalue weighted by molar-refractivity contribution is -0.137. The van der Waals surface area contributed by atoms with Gasteiger partial charge in [-0.3, -0.25) is 14.6 Å². The lowest BCUT2D eigenvalue weighted by Crippen LogP contribution is -2.42. The number of aromatic nitrogens is 1. The van der Waals surface area contributed by atoms with Gasteiger partial charge in [-0.15, -0.1) is 0 Å². The van der Waals surface area contributed by atoms with E-state index in [9.17, 15) is 22.8 Å². The van der Waals surface area contributed by atoms with Crippen molar-refractivity contribution in [2.45, 2.75) is 19.0 Å². The van der Waals surface area contributed by atoms with Gasteiger partial charge < -0.3 is 10.2 Å². The van der Waals surface area contributed by atoms with Crippen molar-refractivity contribution in [3.8, 4) is 0 Å². The maximum Gasteiger partial charge on any atom is 0.416 e. The summed E-state index contributed by atoms with van der Waals surface area (Å²) in [7, 11) is 0. The first-order chi connectivity index (χ1) is 13.3. The van der Waals surface area contributed by atoms with Gasteiger partial charge in [-0.05, 0) is 48.7 Å². The van der Waals surface area contributed by atoms with Crippen LogP contribution in [0.2, 0.25) is 0 Å². The Balaban J connectivity index is 1.54. The van der Waals surface area contributed by atoms with Gasteiger partial charge in [0.25, 0.3) is 0 Å². The number of hydrogen-bond acceptors (Lipinski definition) is 3. The molecule has 0 fully saturated rings. The second-order valence-corrected chi connectivity index (χ2v) is 6.29. The van der Waals surface area contributed by atoms with Crippen molar-refractivity contribution >= 4 is 23.6 Å². The Hall–Kier alpha value is -3.16. The number of rotatable bonds is 4. The molecule has 3 rings (SSSR count). The lowest BCUT2D eigenvalue weighted by atomic mass is 10.1. The lowest BCUT2D eigenvalue weighted by Gasteiger charge is -2.28. The third kappa shape index (κ3) is 4.76. The highest BCUT2D eigenvalue weighted by atomic mass is 19.4. The molecule has 0 spiro atoms. The van der Waals surface area contributed by atoms with Crippen LogP contribution < -0.4 is 10.2 Å². The molecule has 2 heterocycles. The number of nitrogens with zero attached hydrogens (tertiary/aromatic N) is 2. The Morgan fingerprint density at radius 3 is 2.64 bits per heavy atom. The Kier molecular flexibility index (Phi) is 5.77. The number of pyridine rings is 1. The van der Waals surface area contributed by atoms with Crippen molar-refractivity contribution in [3.63, 3.8) is 0 Å². The number of halogens is 3. The predicted octanol–water partition coefficient (Wildman–Crippen LogP) is 3.21. The number of hydrogen-bond donors (Lipinski definition) is 1. The van der Waals surface area contributed by atoms with E-state index in [1.807, 2.05) is 6.07 Å². The van der Waals surface area contributed by atoms with Crippen LogP contribution in [0.4, 0.5) is 18.9 Å². The topological polar surface area (TPSA) is 62.3 Å². The highest BCUT2D eigenvalue weighted by Gasteiger charge is 2.29. The zero-order valence-corrected chi connectivity index (χ0v) is 14.9. The van der Waals surface area contributed by atoms with E-state index in [0.717, 1.165) is 36.4 Å². The normalized spacial score (nSPS) is 14.0. The summed E-state index contributed by atoms with van der Waals surface area (Å²) in [6, 6.07) is 8.03. The van der Waals surface area contributed by atoms with Crippen molar-refractivity contribution in [2.24, 2.45) is 0 Å². The van der Waals surface area contributed by atoms with Crippen molar-refractivity contribution in [1.29, 1.82) is 0 Å². The molecule has 8 heteroatoms. The fraction of sp³-hybridized carbons (Fsp3) is 0.250. The number of fused-ring (bicyclic) bond motifs is 1. The number of carbonyl (C=O) groups is 2. The monoisotopic (exact) mass is 389 g/mol. The number of amides is 2. The van der Waals surface area contributed by atoms with Gasteiger partial charge in [0.2, 0.25) is 11.8 Å². The SMILES string of the molecule is O=C(/C=C/c1ccc(C(F)(F)F)cc1)NCC(=O)N1CCCc2ncccc21. The van der Waals surface area contributed by atoms with Crippen LogP contribution in [0.1, 0.15) is 23.2 Å². The second kappa shape index (κ2) is 8.24. The van der Waals surface area contributed by atoms with Crippen LogP contribution in [0.25, 0.3) is 6.08 Å². The first-order valence-electron chi connectivity index (χ1n) is 8.72. The minimum absolute atomic E-state index is 0.176. The molecule has 0 saturated heterocycles. The Labute approximate surface area is 159 Å². The largest absolute Gasteiger partial charge is 0.416 e. The molecule has 0 bridgehead atoms. The molecule has 28 heavy (non-hydrogen) atoms. The number of aryl methyl sites for hydroxylation is 1. The van der Waals surface area contributed by atoms with Crippen molar-refractivity contribution in [3.05, 3.63) is 65.5 Å². The molecule has 1 aromatic carbocycles. The summed E-state index contributed by atoms with van der Waals surface area (Å²) < 4.78 is 37.6. The van der Waals surface area contributed by atoms with Crippen LogP contribution in [0.3, 0.4) is 0 Å². The zero-order valence-electron chi connectivity index (χ0n) is 14.9. The van der Waals surface area contributed by atoms with Crippen LogP contribution in [-0.4, -0.2) is 29.9 Å². The van der Waals surface area contributed by atoms with Crippen LogP contribution in [0.5, 0.6) is 0 Å². The van der Waals surface area contributed by atoms with Gasteiger partial charge in [0.05, 0.1) is 23.5 Å². The predicted molar refractivity (Wildman–Crippen MR) is 98.4 cm³/mol. The van der Waals surface area contributed by atoms with Gasteiger partial charge >= 0.3 is 6.18 Å². The Morgan fingerprint density at radius 1 is 1.18 bits per heavy atom. The summed E-state index contributed by atoms with van der Waals surface area (Å²) in [6.45, 7) is 0.388. The fourth-order valence-electron chi connectivity index (χ4n) is 2.92. The molecular formula is C20H18F3N3O2. The maximum absolute atomic E-state index is 12.5. The van der Waals surface area contributed by atoms with E-state index in [0.29, 0.717) is 12.1 Å². The van der Waals surface area contributed by atoms with Crippen LogP contribution in [-0.2, 0) is 22.2 Å². The average molecular weight is 389 g/mol. The van der Waals surface area contributed by atoms with Crippen LogP contribution >= 0.6 is 0 Å². The summed E-state index contributed by atoms with van der Waals surface area (Å²) in [5.74, 6) is -0.748. The quantitative estimate of drug-likeness (QED) is 0.817. The molecule has 1 aliphatic rings. The van der Waals surface area contributed by atoms with Gasteiger partial charge in [-0.2, -0.15) is 13.2 Å². The summed E-state index contributed by atoms with van der Waals surface area (Å²) in [5.41, 5.74) is 1.31. The molecule has 1 N–H and O–H groups in total. The molecule has 0 radical (unpaired) electrons. The second-order valence-electron chi connectivity index (χ2n) is 6.29. The number of carbonyl (C=O) groups excluding carboxylic acids is 2. The number of anilines is 1. The molecule has 0 atom stereocenters. The average Bonchev–Trinajstić information content (AvgIpc) is 2.69. The molecule has 0 aliphatic carbocycles. The van der Waals surface area contributed by atoms with E-state index >= 15 is 0 Å². The highest BCUT2D eigenvalue weighted by Crippen LogP contribution is 2.29. The Morgan fingerprint density at radius 2 is 1.93 bits per heavy atom. The number of alkyl halides is 3. The molecular weight excluding hydrogens is 371 g/mol. The van der Waals surface area contributed by atoms with E-state index in [-0.39, 0.29) is 12.5 Å². The summed E-state index contributed by atoms with van der Waals surface area (Å²) in [6.07, 6.45) is 1.46. The minimum atomic E-state index is -4.40. The van der Waals surface area contributed by atoms with Gasteiger partial charge in [0.15, 0.2) is 0 Å². The van der Waals surface area contributed by atoms with E-state index in [1.54, 1.807) is 17.2 Å². The van der Waals surface area contributed by atoms with E-state index in [4.69, 9.17) is 0 Å². The van der Waals surface area contributed by atoms with E-state index < -0.39 is 17.6 Å². The minimum Gasteiger partial charge on any atom is -0.343 e. The van der Waals surface area contributed by atoms with Gasteiger partial charge in [-0.1, -0.05) is 12.1 Å². The Bertz CT molecular complexity index is 892. The molecule has 146 valence electrons. The van der Waals surface area contributed by atoms with Crippen LogP contribution in [0.15, 0.2) is 48.7 Å². The maximum atomic E-state index is 12.5. The molecule has 1 aromatic heterocycles. The van der Waals surface area contributed by atoms with Crippen LogP contribution in [0, 0.1) is 0 Å². The summed E-state index contributed by atoms with van der Waals surface area (Å²) >= 11 is 0. The molecule has 0 unspecified atom stereocenters. The van der Waals surface area contributed by atoms with Gasteiger partial charge in [-0.25, -0.2) is 0 Å². The summed E-state index contributed by atoms with van der Waals surface area (Å²) in [5, 5.41) is 2.50. The van der Waals surface area contributed by atoms with Crippen molar-refractivity contribution < 1.29 is 22.8 Å². The fourth-order valence-corrected chi connectivity index (χ4v) is 2.92. The smallest absolute Gasteiger partial charge is 0.343 e. The molecule has 0 saturated carbocycles. The third-order valence-corrected chi connectivity index (χ3v) is 4.33. The number of nitrogens with one attached hydrogen (secondary N) is 1. The molecule has 5 nitrogen and oxygen atoms in total. The van der Waals surface area contributed by atoms with E-state index in [2.05, 4.69) is 10.3 Å². The first kappa shape index (κ1) is 19.6. The standard InChI is InChI=1S/C20H18F3N3O2/c21-20(22,23)15-8-5-14(6-9-15)7-10-18(27)25-13-19(28)26-12-2-3-16-17(26)4-1-11-24-16/h1,4-11H,2-3,12-13H2,(H,25,27)/b10-7+. The molecule has 2 amide bonds. The van der Waals surface area contributed by atoms with Crippen molar-refractivity contribution in [1.82, 2.24) is 10.3 Å². The van der Waals surface area contributed by atoms with Gasteiger partial charge in [0, 0.05) is 18.8 Å². The highest BCUT2D eigenvalue weighted by molar-refractivity contribution is 5.99. The van der Waals surface area contributed by atoms with Gasteiger partial charge in [0.1, 0.15) is 0 Å². The molecule has 2 aromatic rings. The third-order valence-electron chi connectivity index (χ3n) is 4.33. The molecule has 1 aliphatic heterocycles. The summed E-state index contributed by atoms with van der Waals surface area (Å²) in [4.78, 5) is 30.2. The van der Waals surface area contributed by atoms with Crippen molar-refractivity contribution in [2.75, 3.05) is 18.0 Å². The number of benzene rings is 1. The van der Waals surface area contributed by atoms with E-state index in [1.165, 1.54) is 24.3 Å².